The molecule has 37 heavy (non-hydrogen) atoms. The summed E-state index contributed by atoms with van der Waals surface area (Å²) in [5.41, 5.74) is 0.0611. The van der Waals surface area contributed by atoms with Crippen LogP contribution in [0.4, 0.5) is 0 Å². The number of rotatable bonds is 11. The highest BCUT2D eigenvalue weighted by Crippen LogP contribution is 2.68. The minimum absolute atomic E-state index is 0.000996. The molecule has 4 saturated carbocycles. The Labute approximate surface area is 227 Å². The molecule has 4 aliphatic carbocycles. The van der Waals surface area contributed by atoms with Crippen molar-refractivity contribution >= 4 is 5.97 Å². The van der Waals surface area contributed by atoms with E-state index in [0.717, 1.165) is 57.8 Å². The lowest BCUT2D eigenvalue weighted by Crippen LogP contribution is -2.62. The van der Waals surface area contributed by atoms with Crippen LogP contribution in [0.5, 0.6) is 0 Å². The average Bonchev–Trinajstić information content (AvgIpc) is 3.23. The fourth-order valence-electron chi connectivity index (χ4n) is 9.98. The Bertz CT molecular complexity index is 753. The van der Waals surface area contributed by atoms with E-state index < -0.39 is 0 Å². The van der Waals surface area contributed by atoms with Crippen LogP contribution in [-0.4, -0.2) is 34.5 Å². The van der Waals surface area contributed by atoms with E-state index in [9.17, 15) is 15.0 Å². The van der Waals surface area contributed by atoms with Gasteiger partial charge >= 0.3 is 5.97 Å². The summed E-state index contributed by atoms with van der Waals surface area (Å²) in [6.07, 6.45) is 16.5. The number of ether oxygens (including phenoxy) is 1. The first-order valence-corrected chi connectivity index (χ1v) is 16.2. The maximum Gasteiger partial charge on any atom is 0.306 e. The lowest BCUT2D eigenvalue weighted by Gasteiger charge is -2.63. The summed E-state index contributed by atoms with van der Waals surface area (Å²) < 4.78 is 5.99. The van der Waals surface area contributed by atoms with Gasteiger partial charge in [-0.15, -0.1) is 0 Å². The molecular weight excluding hydrogens is 460 g/mol. The van der Waals surface area contributed by atoms with Crippen molar-refractivity contribution in [2.45, 2.75) is 156 Å². The highest BCUT2D eigenvalue weighted by molar-refractivity contribution is 5.69. The maximum absolute atomic E-state index is 12.6. The van der Waals surface area contributed by atoms with Crippen LogP contribution in [0.1, 0.15) is 137 Å². The van der Waals surface area contributed by atoms with E-state index >= 15 is 0 Å². The van der Waals surface area contributed by atoms with Gasteiger partial charge in [-0.2, -0.15) is 0 Å². The minimum atomic E-state index is -0.294. The lowest BCUT2D eigenvalue weighted by molar-refractivity contribution is -0.209. The summed E-state index contributed by atoms with van der Waals surface area (Å²) in [5, 5.41) is 23.3. The van der Waals surface area contributed by atoms with Crippen LogP contribution in [0.25, 0.3) is 0 Å². The number of aliphatic hydroxyl groups excluding tert-OH is 2. The zero-order valence-electron chi connectivity index (χ0n) is 24.7. The molecule has 0 spiro atoms. The second-order valence-corrected chi connectivity index (χ2v) is 14.2. The maximum atomic E-state index is 12.6. The summed E-state index contributed by atoms with van der Waals surface area (Å²) in [6, 6.07) is 0. The Morgan fingerprint density at radius 2 is 1.62 bits per heavy atom. The topological polar surface area (TPSA) is 66.8 Å². The van der Waals surface area contributed by atoms with Crippen molar-refractivity contribution < 1.29 is 19.7 Å². The molecule has 0 aromatic heterocycles. The van der Waals surface area contributed by atoms with Gasteiger partial charge < -0.3 is 14.9 Å². The highest BCUT2D eigenvalue weighted by atomic mass is 16.5. The van der Waals surface area contributed by atoms with Crippen LogP contribution in [0, 0.1) is 46.3 Å². The van der Waals surface area contributed by atoms with E-state index in [-0.39, 0.29) is 35.1 Å². The molecule has 0 radical (unpaired) electrons. The monoisotopic (exact) mass is 518 g/mol. The van der Waals surface area contributed by atoms with Gasteiger partial charge in [0.1, 0.15) is 6.10 Å². The summed E-state index contributed by atoms with van der Waals surface area (Å²) in [5.74, 6) is 2.62. The van der Waals surface area contributed by atoms with E-state index in [1.54, 1.807) is 0 Å². The number of unbranched alkanes of at least 4 members (excludes halogenated alkanes) is 6. The van der Waals surface area contributed by atoms with E-state index in [4.69, 9.17) is 4.74 Å². The Balaban J connectivity index is 1.34. The van der Waals surface area contributed by atoms with Crippen LogP contribution in [0.15, 0.2) is 0 Å². The molecule has 2 N–H and O–H groups in total. The number of carbonyl (C=O) groups is 1. The molecule has 11 atom stereocenters. The normalized spacial score (nSPS) is 44.0. The molecule has 4 aliphatic rings. The molecule has 4 fully saturated rings. The van der Waals surface area contributed by atoms with Crippen molar-refractivity contribution in [2.75, 3.05) is 0 Å². The molecular formula is C33H58O4. The summed E-state index contributed by atoms with van der Waals surface area (Å²) in [7, 11) is 0. The Morgan fingerprint density at radius 1 is 0.919 bits per heavy atom. The molecule has 0 heterocycles. The quantitative estimate of drug-likeness (QED) is 0.217. The number of esters is 1. The summed E-state index contributed by atoms with van der Waals surface area (Å²) in [4.78, 5) is 12.6. The molecule has 7 unspecified atom stereocenters. The second-order valence-electron chi connectivity index (χ2n) is 14.2. The zero-order valence-corrected chi connectivity index (χ0v) is 24.7. The van der Waals surface area contributed by atoms with E-state index in [0.29, 0.717) is 41.9 Å². The lowest BCUT2D eigenvalue weighted by atomic mass is 9.43. The van der Waals surface area contributed by atoms with Crippen molar-refractivity contribution in [3.63, 3.8) is 0 Å². The van der Waals surface area contributed by atoms with Gasteiger partial charge in [0.2, 0.25) is 0 Å². The van der Waals surface area contributed by atoms with Gasteiger partial charge in [0, 0.05) is 6.42 Å². The van der Waals surface area contributed by atoms with Gasteiger partial charge in [-0.3, -0.25) is 4.79 Å². The van der Waals surface area contributed by atoms with E-state index in [1.807, 2.05) is 0 Å². The Kier molecular flexibility index (Phi) is 9.75. The molecule has 0 aromatic rings. The SMILES string of the molecule is CCCCCCCCCC(=O)O[C@H]1CCC2(C)C(CC(O)[C@H]3C2CC(O)C2(C)C([C@@H](C)CC)CC[C@@H]32)C1. The van der Waals surface area contributed by atoms with Crippen molar-refractivity contribution in [3.8, 4) is 0 Å². The smallest absolute Gasteiger partial charge is 0.306 e. The third kappa shape index (κ3) is 5.67. The molecule has 214 valence electrons. The van der Waals surface area contributed by atoms with Crippen molar-refractivity contribution in [1.29, 1.82) is 0 Å². The van der Waals surface area contributed by atoms with Crippen molar-refractivity contribution in [3.05, 3.63) is 0 Å². The third-order valence-corrected chi connectivity index (χ3v) is 12.4. The van der Waals surface area contributed by atoms with Crippen molar-refractivity contribution in [2.24, 2.45) is 46.3 Å². The largest absolute Gasteiger partial charge is 0.462 e. The summed E-state index contributed by atoms with van der Waals surface area (Å²) >= 11 is 0. The number of aliphatic hydroxyl groups is 2. The number of hydrogen-bond donors (Lipinski definition) is 2. The summed E-state index contributed by atoms with van der Waals surface area (Å²) in [6.45, 7) is 11.7. The molecule has 0 aliphatic heterocycles. The van der Waals surface area contributed by atoms with Gasteiger partial charge in [0.25, 0.3) is 0 Å². The van der Waals surface area contributed by atoms with Crippen LogP contribution in [0.3, 0.4) is 0 Å². The first kappa shape index (κ1) is 29.4. The molecule has 4 heteroatoms. The Morgan fingerprint density at radius 3 is 2.32 bits per heavy atom. The van der Waals surface area contributed by atoms with Crippen LogP contribution in [-0.2, 0) is 9.53 Å². The fraction of sp³-hybridized carbons (Fsp3) is 0.970. The zero-order chi connectivity index (χ0) is 26.8. The van der Waals surface area contributed by atoms with Gasteiger partial charge in [-0.05, 0) is 97.7 Å². The molecule has 4 nitrogen and oxygen atoms in total. The molecule has 0 saturated heterocycles. The van der Waals surface area contributed by atoms with Gasteiger partial charge in [0.05, 0.1) is 12.2 Å². The minimum Gasteiger partial charge on any atom is -0.462 e. The predicted octanol–water partition coefficient (Wildman–Crippen LogP) is 7.69. The van der Waals surface area contributed by atoms with E-state index in [1.165, 1.54) is 38.5 Å². The van der Waals surface area contributed by atoms with Crippen molar-refractivity contribution in [1.82, 2.24) is 0 Å². The second kappa shape index (κ2) is 12.3. The highest BCUT2D eigenvalue weighted by Gasteiger charge is 2.65. The van der Waals surface area contributed by atoms with Gasteiger partial charge in [-0.25, -0.2) is 0 Å². The average molecular weight is 519 g/mol. The van der Waals surface area contributed by atoms with E-state index in [2.05, 4.69) is 34.6 Å². The van der Waals surface area contributed by atoms with Crippen LogP contribution in [0.2, 0.25) is 0 Å². The third-order valence-electron chi connectivity index (χ3n) is 12.4. The first-order chi connectivity index (χ1) is 17.7. The number of fused-ring (bicyclic) bond motifs is 5. The molecule has 0 amide bonds. The van der Waals surface area contributed by atoms with Gasteiger partial charge in [0.15, 0.2) is 0 Å². The molecule has 0 bridgehead atoms. The first-order valence-electron chi connectivity index (χ1n) is 16.2. The standard InChI is InChI=1S/C33H58O4/c1-6-8-9-10-11-12-13-14-30(36)37-24-17-18-32(4)23(19-24)20-28(34)31-26-16-15-25(22(3)7-2)33(26,5)29(35)21-27(31)32/h22-29,31,34-35H,6-21H2,1-5H3/t22-,23?,24-,25?,26-,27?,28?,29?,31+,32?,33?/m0/s1. The number of carbonyl (C=O) groups excluding carboxylic acids is 1. The van der Waals surface area contributed by atoms with Crippen LogP contribution >= 0.6 is 0 Å². The Hall–Kier alpha value is -0.610. The molecule has 0 aromatic carbocycles. The molecule has 4 rings (SSSR count). The number of hydrogen-bond acceptors (Lipinski definition) is 4. The van der Waals surface area contributed by atoms with Crippen LogP contribution < -0.4 is 0 Å². The van der Waals surface area contributed by atoms with Gasteiger partial charge in [-0.1, -0.05) is 79.6 Å². The predicted molar refractivity (Wildman–Crippen MR) is 150 cm³/mol. The fourth-order valence-corrected chi connectivity index (χ4v) is 9.98.